The summed E-state index contributed by atoms with van der Waals surface area (Å²) in [6.07, 6.45) is 7.85. The smallest absolute Gasteiger partial charge is 0.129 e. The van der Waals surface area contributed by atoms with Gasteiger partial charge >= 0.3 is 0 Å². The van der Waals surface area contributed by atoms with Crippen LogP contribution < -0.4 is 5.73 Å². The number of methoxy groups -OCH3 is 1. The maximum absolute atomic E-state index is 6.15. The molecule has 0 spiro atoms. The summed E-state index contributed by atoms with van der Waals surface area (Å²) in [7, 11) is 1.67. The van der Waals surface area contributed by atoms with Crippen LogP contribution in [0.25, 0.3) is 0 Å². The lowest BCUT2D eigenvalue weighted by atomic mass is 9.98. The van der Waals surface area contributed by atoms with Gasteiger partial charge in [-0.2, -0.15) is 0 Å². The Balaban J connectivity index is 1.79. The molecule has 1 aliphatic rings. The van der Waals surface area contributed by atoms with Gasteiger partial charge in [0, 0.05) is 7.11 Å². The minimum absolute atomic E-state index is 0.0428. The third-order valence-electron chi connectivity index (χ3n) is 3.70. The molecule has 1 atom stereocenters. The molecular formula is C14H23NO2. The molecule has 0 aromatic carbocycles. The second-order valence-corrected chi connectivity index (χ2v) is 5.07. The van der Waals surface area contributed by atoms with Crippen LogP contribution in [0.2, 0.25) is 0 Å². The Morgan fingerprint density at radius 2 is 2.18 bits per heavy atom. The van der Waals surface area contributed by atoms with Crippen LogP contribution in [0.15, 0.2) is 16.5 Å². The molecule has 0 bridgehead atoms. The Hall–Kier alpha value is -0.800. The molecule has 1 aromatic heterocycles. The Kier molecular flexibility index (Phi) is 4.63. The van der Waals surface area contributed by atoms with Gasteiger partial charge in [-0.1, -0.05) is 25.7 Å². The molecule has 2 rings (SSSR count). The molecule has 0 aliphatic heterocycles. The molecule has 1 unspecified atom stereocenters. The Labute approximate surface area is 103 Å². The second-order valence-electron chi connectivity index (χ2n) is 5.07. The lowest BCUT2D eigenvalue weighted by Crippen LogP contribution is -2.10. The fourth-order valence-electron chi connectivity index (χ4n) is 2.67. The predicted octanol–water partition coefficient (Wildman–Crippen LogP) is 3.40. The van der Waals surface area contributed by atoms with Gasteiger partial charge in [0.15, 0.2) is 0 Å². The largest absolute Gasteiger partial charge is 0.462 e. The van der Waals surface area contributed by atoms with Gasteiger partial charge < -0.3 is 14.9 Å². The van der Waals surface area contributed by atoms with Crippen molar-refractivity contribution in [2.75, 3.05) is 7.11 Å². The summed E-state index contributed by atoms with van der Waals surface area (Å²) < 4.78 is 10.7. The number of furan rings is 1. The standard InChI is InChI=1S/C14H23NO2/c1-16-10-12-7-9-14(17-12)13(15)8-6-11-4-2-3-5-11/h7,9,11,13H,2-6,8,10,15H2,1H3. The van der Waals surface area contributed by atoms with Gasteiger partial charge in [-0.05, 0) is 30.9 Å². The van der Waals surface area contributed by atoms with Crippen LogP contribution in [0.3, 0.4) is 0 Å². The molecule has 1 aliphatic carbocycles. The first-order chi connectivity index (χ1) is 8.29. The summed E-state index contributed by atoms with van der Waals surface area (Å²) in [5.74, 6) is 2.66. The van der Waals surface area contributed by atoms with Crippen molar-refractivity contribution in [2.24, 2.45) is 11.7 Å². The van der Waals surface area contributed by atoms with E-state index in [1.807, 2.05) is 12.1 Å². The summed E-state index contributed by atoms with van der Waals surface area (Å²) in [5, 5.41) is 0. The van der Waals surface area contributed by atoms with Gasteiger partial charge in [-0.3, -0.25) is 0 Å². The molecule has 1 fully saturated rings. The van der Waals surface area contributed by atoms with E-state index in [1.165, 1.54) is 32.1 Å². The number of hydrogen-bond donors (Lipinski definition) is 1. The van der Waals surface area contributed by atoms with E-state index in [0.29, 0.717) is 6.61 Å². The quantitative estimate of drug-likeness (QED) is 0.825. The minimum atomic E-state index is 0.0428. The van der Waals surface area contributed by atoms with Gasteiger partial charge in [0.25, 0.3) is 0 Å². The zero-order valence-electron chi connectivity index (χ0n) is 10.7. The number of ether oxygens (including phenoxy) is 1. The maximum atomic E-state index is 6.15. The third-order valence-corrected chi connectivity index (χ3v) is 3.70. The summed E-state index contributed by atoms with van der Waals surface area (Å²) in [4.78, 5) is 0. The zero-order chi connectivity index (χ0) is 12.1. The Morgan fingerprint density at radius 1 is 1.41 bits per heavy atom. The van der Waals surface area contributed by atoms with Crippen LogP contribution in [0.4, 0.5) is 0 Å². The van der Waals surface area contributed by atoms with Gasteiger partial charge in [-0.15, -0.1) is 0 Å². The van der Waals surface area contributed by atoms with Gasteiger partial charge in [0.05, 0.1) is 6.04 Å². The van der Waals surface area contributed by atoms with Crippen molar-refractivity contribution in [2.45, 2.75) is 51.2 Å². The average molecular weight is 237 g/mol. The number of nitrogens with two attached hydrogens (primary N) is 1. The highest BCUT2D eigenvalue weighted by molar-refractivity contribution is 5.09. The van der Waals surface area contributed by atoms with E-state index in [9.17, 15) is 0 Å². The van der Waals surface area contributed by atoms with Crippen molar-refractivity contribution in [3.63, 3.8) is 0 Å². The molecule has 1 saturated carbocycles. The van der Waals surface area contributed by atoms with E-state index < -0.39 is 0 Å². The highest BCUT2D eigenvalue weighted by Crippen LogP contribution is 2.31. The first-order valence-electron chi connectivity index (χ1n) is 6.62. The second kappa shape index (κ2) is 6.22. The van der Waals surface area contributed by atoms with Crippen LogP contribution >= 0.6 is 0 Å². The van der Waals surface area contributed by atoms with Gasteiger partial charge in [0.2, 0.25) is 0 Å². The fraction of sp³-hybridized carbons (Fsp3) is 0.714. The highest BCUT2D eigenvalue weighted by Gasteiger charge is 2.18. The zero-order valence-corrected chi connectivity index (χ0v) is 10.7. The molecule has 1 heterocycles. The first kappa shape index (κ1) is 12.7. The average Bonchev–Trinajstić information content (AvgIpc) is 2.97. The van der Waals surface area contributed by atoms with Crippen molar-refractivity contribution >= 4 is 0 Å². The highest BCUT2D eigenvalue weighted by atomic mass is 16.5. The monoisotopic (exact) mass is 237 g/mol. The molecule has 3 heteroatoms. The third kappa shape index (κ3) is 3.58. The summed E-state index contributed by atoms with van der Waals surface area (Å²) in [6, 6.07) is 3.98. The Bertz CT molecular complexity index is 329. The molecule has 3 nitrogen and oxygen atoms in total. The van der Waals surface area contributed by atoms with Crippen LogP contribution in [0.5, 0.6) is 0 Å². The number of hydrogen-bond acceptors (Lipinski definition) is 3. The van der Waals surface area contributed by atoms with E-state index >= 15 is 0 Å². The fourth-order valence-corrected chi connectivity index (χ4v) is 2.67. The van der Waals surface area contributed by atoms with Crippen molar-refractivity contribution in [3.05, 3.63) is 23.7 Å². The van der Waals surface area contributed by atoms with E-state index in [1.54, 1.807) is 7.11 Å². The van der Waals surface area contributed by atoms with E-state index in [-0.39, 0.29) is 6.04 Å². The molecule has 2 N–H and O–H groups in total. The SMILES string of the molecule is COCc1ccc(C(N)CCC2CCCC2)o1. The van der Waals surface area contributed by atoms with Crippen molar-refractivity contribution in [1.82, 2.24) is 0 Å². The normalized spacial score (nSPS) is 18.7. The van der Waals surface area contributed by atoms with Crippen LogP contribution in [0.1, 0.15) is 56.1 Å². The Morgan fingerprint density at radius 3 is 2.88 bits per heavy atom. The maximum Gasteiger partial charge on any atom is 0.129 e. The molecular weight excluding hydrogens is 214 g/mol. The van der Waals surface area contributed by atoms with Gasteiger partial charge in [0.1, 0.15) is 18.1 Å². The summed E-state index contributed by atoms with van der Waals surface area (Å²) in [6.45, 7) is 0.523. The van der Waals surface area contributed by atoms with E-state index in [4.69, 9.17) is 14.9 Å². The summed E-state index contributed by atoms with van der Waals surface area (Å²) >= 11 is 0. The van der Waals surface area contributed by atoms with E-state index in [2.05, 4.69) is 0 Å². The molecule has 0 amide bonds. The molecule has 1 aromatic rings. The molecule has 0 saturated heterocycles. The van der Waals surface area contributed by atoms with E-state index in [0.717, 1.165) is 23.9 Å². The minimum Gasteiger partial charge on any atom is -0.462 e. The molecule has 96 valence electrons. The van der Waals surface area contributed by atoms with Crippen molar-refractivity contribution in [3.8, 4) is 0 Å². The summed E-state index contributed by atoms with van der Waals surface area (Å²) in [5.41, 5.74) is 6.15. The molecule has 17 heavy (non-hydrogen) atoms. The lowest BCUT2D eigenvalue weighted by Gasteiger charge is -2.12. The predicted molar refractivity (Wildman–Crippen MR) is 67.5 cm³/mol. The number of rotatable bonds is 6. The van der Waals surface area contributed by atoms with Gasteiger partial charge in [-0.25, -0.2) is 0 Å². The van der Waals surface area contributed by atoms with Crippen LogP contribution in [-0.2, 0) is 11.3 Å². The van der Waals surface area contributed by atoms with Crippen molar-refractivity contribution in [1.29, 1.82) is 0 Å². The van der Waals surface area contributed by atoms with Crippen LogP contribution in [-0.4, -0.2) is 7.11 Å². The van der Waals surface area contributed by atoms with Crippen LogP contribution in [0, 0.1) is 5.92 Å². The molecule has 0 radical (unpaired) electrons. The topological polar surface area (TPSA) is 48.4 Å². The lowest BCUT2D eigenvalue weighted by molar-refractivity contribution is 0.161. The first-order valence-corrected chi connectivity index (χ1v) is 6.62. The van der Waals surface area contributed by atoms with Crippen molar-refractivity contribution < 1.29 is 9.15 Å².